The van der Waals surface area contributed by atoms with Crippen molar-refractivity contribution in [2.24, 2.45) is 0 Å². The summed E-state index contributed by atoms with van der Waals surface area (Å²) in [4.78, 5) is 12.9. The van der Waals surface area contributed by atoms with Gasteiger partial charge in [-0.2, -0.15) is 0 Å². The molecule has 3 rings (SSSR count). The monoisotopic (exact) mass is 359 g/mol. The lowest BCUT2D eigenvalue weighted by molar-refractivity contribution is 0.0976. The van der Waals surface area contributed by atoms with Gasteiger partial charge in [0.15, 0.2) is 5.78 Å². The highest BCUT2D eigenvalue weighted by molar-refractivity contribution is 5.96. The molecule has 0 amide bonds. The average Bonchev–Trinajstić information content (AvgIpc) is 2.71. The number of methoxy groups -OCH3 is 1. The van der Waals surface area contributed by atoms with E-state index in [1.807, 2.05) is 42.5 Å². The van der Waals surface area contributed by atoms with Crippen molar-refractivity contribution in [2.75, 3.05) is 12.4 Å². The Kier molecular flexibility index (Phi) is 5.92. The number of hydrogen-bond donors (Lipinski definition) is 1. The van der Waals surface area contributed by atoms with Crippen molar-refractivity contribution in [3.63, 3.8) is 0 Å². The zero-order chi connectivity index (χ0) is 19.2. The molecular formula is C24H25NO2. The molecule has 0 spiro atoms. The van der Waals surface area contributed by atoms with Crippen molar-refractivity contribution in [2.45, 2.75) is 26.3 Å². The molecule has 3 nitrogen and oxygen atoms in total. The maximum atomic E-state index is 12.9. The summed E-state index contributed by atoms with van der Waals surface area (Å²) >= 11 is 0. The number of rotatable bonds is 7. The molecule has 0 aliphatic carbocycles. The summed E-state index contributed by atoms with van der Waals surface area (Å²) in [5.41, 5.74) is 5.30. The van der Waals surface area contributed by atoms with Crippen LogP contribution in [-0.4, -0.2) is 12.9 Å². The number of benzene rings is 3. The van der Waals surface area contributed by atoms with Gasteiger partial charge in [0.05, 0.1) is 13.2 Å². The minimum absolute atomic E-state index is 0.0945. The molecule has 1 unspecified atom stereocenters. The molecular weight excluding hydrogens is 334 g/mol. The Morgan fingerprint density at radius 1 is 0.926 bits per heavy atom. The second-order valence-electron chi connectivity index (χ2n) is 6.76. The Morgan fingerprint density at radius 2 is 1.63 bits per heavy atom. The van der Waals surface area contributed by atoms with Gasteiger partial charge in [0.1, 0.15) is 5.75 Å². The molecule has 0 bridgehead atoms. The number of Topliss-reactive ketones (excluding diaryl/α,β-unsaturated/α-hetero) is 1. The summed E-state index contributed by atoms with van der Waals surface area (Å²) in [7, 11) is 1.62. The molecule has 0 saturated heterocycles. The Hall–Kier alpha value is -3.07. The van der Waals surface area contributed by atoms with Crippen LogP contribution in [0.5, 0.6) is 5.75 Å². The van der Waals surface area contributed by atoms with Gasteiger partial charge in [-0.05, 0) is 66.9 Å². The van der Waals surface area contributed by atoms with Gasteiger partial charge in [0.2, 0.25) is 0 Å². The molecule has 0 heterocycles. The number of anilines is 1. The zero-order valence-electron chi connectivity index (χ0n) is 16.0. The third-order valence-corrected chi connectivity index (χ3v) is 4.85. The Morgan fingerprint density at radius 3 is 2.26 bits per heavy atom. The van der Waals surface area contributed by atoms with Gasteiger partial charge in [-0.1, -0.05) is 36.4 Å². The van der Waals surface area contributed by atoms with Crippen LogP contribution >= 0.6 is 0 Å². The highest BCUT2D eigenvalue weighted by atomic mass is 16.5. The molecule has 0 aliphatic rings. The van der Waals surface area contributed by atoms with Gasteiger partial charge >= 0.3 is 0 Å². The molecule has 3 heteroatoms. The first kappa shape index (κ1) is 18.7. The van der Waals surface area contributed by atoms with Crippen LogP contribution in [0.3, 0.4) is 0 Å². The summed E-state index contributed by atoms with van der Waals surface area (Å²) in [5, 5.41) is 3.54. The lowest BCUT2D eigenvalue weighted by Gasteiger charge is -2.21. The quantitative estimate of drug-likeness (QED) is 0.547. The molecule has 0 aromatic heterocycles. The highest BCUT2D eigenvalue weighted by Crippen LogP contribution is 2.26. The number of ether oxygens (including phenoxy) is 1. The second-order valence-corrected chi connectivity index (χ2v) is 6.76. The summed E-state index contributed by atoms with van der Waals surface area (Å²) in [6.45, 7) is 4.20. The molecule has 1 atom stereocenters. The van der Waals surface area contributed by atoms with Gasteiger partial charge in [-0.15, -0.1) is 0 Å². The van der Waals surface area contributed by atoms with Crippen molar-refractivity contribution >= 4 is 11.5 Å². The van der Waals surface area contributed by atoms with Crippen LogP contribution in [-0.2, 0) is 0 Å². The molecule has 3 aromatic rings. The molecule has 0 aliphatic heterocycles. The van der Waals surface area contributed by atoms with Gasteiger partial charge in [-0.3, -0.25) is 4.79 Å². The number of nitrogens with one attached hydrogen (secondary N) is 1. The van der Waals surface area contributed by atoms with Crippen molar-refractivity contribution in [3.05, 3.63) is 95.1 Å². The van der Waals surface area contributed by atoms with Gasteiger partial charge < -0.3 is 10.1 Å². The average molecular weight is 359 g/mol. The van der Waals surface area contributed by atoms with Crippen LogP contribution in [0.25, 0.3) is 0 Å². The minimum Gasteiger partial charge on any atom is -0.497 e. The van der Waals surface area contributed by atoms with Crippen LogP contribution in [0.4, 0.5) is 5.69 Å². The normalized spacial score (nSPS) is 11.7. The first-order chi connectivity index (χ1) is 13.1. The predicted octanol–water partition coefficient (Wildman–Crippen LogP) is 5.74. The molecule has 1 N–H and O–H groups in total. The van der Waals surface area contributed by atoms with Gasteiger partial charge in [0, 0.05) is 17.7 Å². The van der Waals surface area contributed by atoms with E-state index in [1.54, 1.807) is 7.11 Å². The summed E-state index contributed by atoms with van der Waals surface area (Å²) in [6.07, 6.45) is 0.378. The van der Waals surface area contributed by atoms with Crippen molar-refractivity contribution in [3.8, 4) is 5.75 Å². The second kappa shape index (κ2) is 8.54. The molecule has 3 aromatic carbocycles. The number of carbonyl (C=O) groups is 1. The number of ketones is 1. The third kappa shape index (κ3) is 4.76. The van der Waals surface area contributed by atoms with Gasteiger partial charge in [-0.25, -0.2) is 0 Å². The van der Waals surface area contributed by atoms with Gasteiger partial charge in [0.25, 0.3) is 0 Å². The summed E-state index contributed by atoms with van der Waals surface area (Å²) < 4.78 is 5.18. The fraction of sp³-hybridized carbons (Fsp3) is 0.208. The third-order valence-electron chi connectivity index (χ3n) is 4.85. The molecule has 0 radical (unpaired) electrons. The number of hydrogen-bond acceptors (Lipinski definition) is 3. The van der Waals surface area contributed by atoms with Crippen LogP contribution < -0.4 is 10.1 Å². The maximum Gasteiger partial charge on any atom is 0.165 e. The van der Waals surface area contributed by atoms with Crippen LogP contribution in [0.2, 0.25) is 0 Å². The van der Waals surface area contributed by atoms with E-state index in [0.29, 0.717) is 12.0 Å². The van der Waals surface area contributed by atoms with E-state index in [0.717, 1.165) is 17.0 Å². The highest BCUT2D eigenvalue weighted by Gasteiger charge is 2.17. The van der Waals surface area contributed by atoms with E-state index in [1.165, 1.54) is 11.1 Å². The number of aryl methyl sites for hydroxylation is 2. The van der Waals surface area contributed by atoms with E-state index >= 15 is 0 Å². The van der Waals surface area contributed by atoms with E-state index in [2.05, 4.69) is 49.5 Å². The zero-order valence-corrected chi connectivity index (χ0v) is 16.0. The first-order valence-corrected chi connectivity index (χ1v) is 9.13. The van der Waals surface area contributed by atoms with Crippen molar-refractivity contribution in [1.82, 2.24) is 0 Å². The Bertz CT molecular complexity index is 901. The Balaban J connectivity index is 1.83. The molecule has 0 saturated carbocycles. The molecule has 138 valence electrons. The summed E-state index contributed by atoms with van der Waals surface area (Å²) in [5.74, 6) is 0.849. The molecule has 0 fully saturated rings. The fourth-order valence-corrected chi connectivity index (χ4v) is 3.05. The Labute approximate surface area is 161 Å². The van der Waals surface area contributed by atoms with Crippen LogP contribution in [0.1, 0.15) is 39.5 Å². The van der Waals surface area contributed by atoms with E-state index in [-0.39, 0.29) is 11.8 Å². The predicted molar refractivity (Wildman–Crippen MR) is 111 cm³/mol. The standard InChI is InChI=1S/C24H25NO2/c1-17-9-12-21(15-18(17)2)25-23(19-7-5-4-6-8-19)16-24(26)20-10-13-22(27-3)14-11-20/h4-15,23,25H,16H2,1-3H3. The largest absolute Gasteiger partial charge is 0.497 e. The van der Waals surface area contributed by atoms with Crippen LogP contribution in [0.15, 0.2) is 72.8 Å². The van der Waals surface area contributed by atoms with Crippen molar-refractivity contribution < 1.29 is 9.53 Å². The maximum absolute atomic E-state index is 12.9. The van der Waals surface area contributed by atoms with Crippen molar-refractivity contribution in [1.29, 1.82) is 0 Å². The van der Waals surface area contributed by atoms with E-state index in [4.69, 9.17) is 4.74 Å². The summed E-state index contributed by atoms with van der Waals surface area (Å²) in [6, 6.07) is 23.6. The van der Waals surface area contributed by atoms with E-state index < -0.39 is 0 Å². The van der Waals surface area contributed by atoms with E-state index in [9.17, 15) is 4.79 Å². The topological polar surface area (TPSA) is 38.3 Å². The fourth-order valence-electron chi connectivity index (χ4n) is 3.05. The SMILES string of the molecule is COc1ccc(C(=O)CC(Nc2ccc(C)c(C)c2)c2ccccc2)cc1. The van der Waals surface area contributed by atoms with Crippen LogP contribution in [0, 0.1) is 13.8 Å². The smallest absolute Gasteiger partial charge is 0.165 e. The first-order valence-electron chi connectivity index (χ1n) is 9.13. The lowest BCUT2D eigenvalue weighted by Crippen LogP contribution is -2.16. The lowest BCUT2D eigenvalue weighted by atomic mass is 9.97. The number of carbonyl (C=O) groups excluding carboxylic acids is 1. The minimum atomic E-state index is -0.0945. The molecule has 27 heavy (non-hydrogen) atoms.